The summed E-state index contributed by atoms with van der Waals surface area (Å²) < 4.78 is 10.9. The van der Waals surface area contributed by atoms with Crippen molar-refractivity contribution in [2.24, 2.45) is 0 Å². The number of rotatable bonds is 8. The van der Waals surface area contributed by atoms with Crippen LogP contribution in [0.3, 0.4) is 0 Å². The monoisotopic (exact) mass is 389 g/mol. The number of para-hydroxylation sites is 2. The topological polar surface area (TPSA) is 54.0 Å². The summed E-state index contributed by atoms with van der Waals surface area (Å²) in [6, 6.07) is 9.67. The van der Waals surface area contributed by atoms with Gasteiger partial charge in [0, 0.05) is 32.7 Å². The zero-order valence-electron chi connectivity index (χ0n) is 15.9. The van der Waals surface area contributed by atoms with Gasteiger partial charge >= 0.3 is 0 Å². The molecular weight excluding hydrogens is 362 g/mol. The van der Waals surface area contributed by atoms with Gasteiger partial charge in [0.05, 0.1) is 13.2 Å². The zero-order valence-corrected chi connectivity index (χ0v) is 16.7. The second-order valence-electron chi connectivity index (χ2n) is 6.66. The fourth-order valence-corrected chi connectivity index (χ4v) is 3.91. The van der Waals surface area contributed by atoms with Crippen LogP contribution in [0, 0.1) is 0 Å². The Labute approximate surface area is 164 Å². The number of amides is 1. The van der Waals surface area contributed by atoms with Crippen LogP contribution >= 0.6 is 11.3 Å². The van der Waals surface area contributed by atoms with Crippen molar-refractivity contribution in [1.82, 2.24) is 15.1 Å². The second-order valence-corrected chi connectivity index (χ2v) is 7.44. The lowest BCUT2D eigenvalue weighted by atomic mass is 10.1. The minimum atomic E-state index is -0.129. The second kappa shape index (κ2) is 9.73. The molecule has 1 aliphatic heterocycles. The highest BCUT2D eigenvalue weighted by molar-refractivity contribution is 7.07. The minimum Gasteiger partial charge on any atom is -0.493 e. The van der Waals surface area contributed by atoms with Gasteiger partial charge in [-0.3, -0.25) is 9.69 Å². The molecule has 27 heavy (non-hydrogen) atoms. The van der Waals surface area contributed by atoms with Crippen molar-refractivity contribution in [2.45, 2.75) is 6.04 Å². The molecule has 1 amide bonds. The molecule has 0 saturated carbocycles. The maximum Gasteiger partial charge on any atom is 0.258 e. The van der Waals surface area contributed by atoms with Crippen molar-refractivity contribution in [2.75, 3.05) is 53.5 Å². The lowest BCUT2D eigenvalue weighted by molar-refractivity contribution is -0.123. The van der Waals surface area contributed by atoms with Crippen molar-refractivity contribution in [3.63, 3.8) is 0 Å². The van der Waals surface area contributed by atoms with Gasteiger partial charge in [-0.1, -0.05) is 12.1 Å². The number of carbonyl (C=O) groups excluding carboxylic acids is 1. The summed E-state index contributed by atoms with van der Waals surface area (Å²) >= 11 is 1.69. The predicted octanol–water partition coefficient (Wildman–Crippen LogP) is 2.24. The molecule has 0 spiro atoms. The molecule has 0 aliphatic carbocycles. The lowest BCUT2D eigenvalue weighted by Crippen LogP contribution is -2.48. The molecule has 1 aliphatic rings. The number of hydrogen-bond acceptors (Lipinski definition) is 6. The van der Waals surface area contributed by atoms with Crippen LogP contribution in [0.15, 0.2) is 41.1 Å². The SMILES string of the molecule is COc1ccccc1OCC(=O)NCC(c1ccsc1)N1CCN(C)CC1. The first-order valence-corrected chi connectivity index (χ1v) is 10.1. The number of thiophene rings is 1. The maximum atomic E-state index is 12.3. The molecule has 1 atom stereocenters. The van der Waals surface area contributed by atoms with E-state index in [2.05, 4.69) is 39.0 Å². The standard InChI is InChI=1S/C20H27N3O3S/c1-22-8-10-23(11-9-22)17(16-7-12-27-15-16)13-21-20(24)14-26-19-6-4-3-5-18(19)25-2/h3-7,12,15,17H,8-11,13-14H2,1-2H3,(H,21,24). The third-order valence-electron chi connectivity index (χ3n) is 4.83. The molecule has 146 valence electrons. The summed E-state index contributed by atoms with van der Waals surface area (Å²) in [5, 5.41) is 7.29. The summed E-state index contributed by atoms with van der Waals surface area (Å²) in [6.45, 7) is 4.65. The summed E-state index contributed by atoms with van der Waals surface area (Å²) in [5.74, 6) is 1.07. The Morgan fingerprint density at radius 1 is 1.19 bits per heavy atom. The molecule has 2 aromatic rings. The van der Waals surface area contributed by atoms with E-state index in [-0.39, 0.29) is 18.6 Å². The van der Waals surface area contributed by atoms with Crippen LogP contribution in [0.2, 0.25) is 0 Å². The zero-order chi connectivity index (χ0) is 19.1. The van der Waals surface area contributed by atoms with Gasteiger partial charge in [0.2, 0.25) is 0 Å². The van der Waals surface area contributed by atoms with Crippen molar-refractivity contribution in [3.8, 4) is 11.5 Å². The van der Waals surface area contributed by atoms with Crippen LogP contribution < -0.4 is 14.8 Å². The van der Waals surface area contributed by atoms with E-state index >= 15 is 0 Å². The fraction of sp³-hybridized carbons (Fsp3) is 0.450. The molecule has 6 nitrogen and oxygen atoms in total. The van der Waals surface area contributed by atoms with Crippen LogP contribution in [-0.2, 0) is 4.79 Å². The number of ether oxygens (including phenoxy) is 2. The predicted molar refractivity (Wildman–Crippen MR) is 108 cm³/mol. The smallest absolute Gasteiger partial charge is 0.258 e. The van der Waals surface area contributed by atoms with Crippen LogP contribution in [0.1, 0.15) is 11.6 Å². The van der Waals surface area contributed by atoms with Gasteiger partial charge in [0.1, 0.15) is 0 Å². The normalized spacial score (nSPS) is 16.7. The largest absolute Gasteiger partial charge is 0.493 e. The fourth-order valence-electron chi connectivity index (χ4n) is 3.20. The van der Waals surface area contributed by atoms with Gasteiger partial charge in [-0.25, -0.2) is 0 Å². The molecule has 1 aromatic heterocycles. The molecule has 0 bridgehead atoms. The highest BCUT2D eigenvalue weighted by Gasteiger charge is 2.24. The molecule has 2 heterocycles. The Morgan fingerprint density at radius 2 is 1.93 bits per heavy atom. The van der Waals surface area contributed by atoms with E-state index in [0.29, 0.717) is 18.0 Å². The highest BCUT2D eigenvalue weighted by Crippen LogP contribution is 2.26. The number of nitrogens with zero attached hydrogens (tertiary/aromatic N) is 2. The van der Waals surface area contributed by atoms with Gasteiger partial charge in [-0.05, 0) is 41.6 Å². The lowest BCUT2D eigenvalue weighted by Gasteiger charge is -2.38. The van der Waals surface area contributed by atoms with Gasteiger partial charge in [0.25, 0.3) is 5.91 Å². The number of likely N-dealkylation sites (N-methyl/N-ethyl adjacent to an activating group) is 1. The summed E-state index contributed by atoms with van der Waals surface area (Å²) in [6.07, 6.45) is 0. The maximum absolute atomic E-state index is 12.3. The molecule has 3 rings (SSSR count). The van der Waals surface area contributed by atoms with E-state index in [1.54, 1.807) is 24.5 Å². The quantitative estimate of drug-likeness (QED) is 0.750. The Hall–Kier alpha value is -2.09. The molecule has 7 heteroatoms. The average molecular weight is 390 g/mol. The first-order chi connectivity index (χ1) is 13.2. The van der Waals surface area contributed by atoms with Crippen molar-refractivity contribution >= 4 is 17.2 Å². The minimum absolute atomic E-state index is 0.0283. The van der Waals surface area contributed by atoms with E-state index in [9.17, 15) is 4.79 Å². The molecular formula is C20H27N3O3S. The molecule has 1 aromatic carbocycles. The van der Waals surface area contributed by atoms with Crippen LogP contribution in [0.25, 0.3) is 0 Å². The first kappa shape index (κ1) is 19.7. The molecule has 1 saturated heterocycles. The van der Waals surface area contributed by atoms with E-state index in [1.807, 2.05) is 18.2 Å². The van der Waals surface area contributed by atoms with Crippen molar-refractivity contribution < 1.29 is 14.3 Å². The molecule has 1 N–H and O–H groups in total. The highest BCUT2D eigenvalue weighted by atomic mass is 32.1. The Bertz CT molecular complexity index is 715. The van der Waals surface area contributed by atoms with Crippen LogP contribution in [0.5, 0.6) is 11.5 Å². The summed E-state index contributed by atoms with van der Waals surface area (Å²) in [4.78, 5) is 17.1. The Balaban J connectivity index is 1.54. The van der Waals surface area contributed by atoms with E-state index < -0.39 is 0 Å². The number of benzene rings is 1. The number of hydrogen-bond donors (Lipinski definition) is 1. The molecule has 1 unspecified atom stereocenters. The van der Waals surface area contributed by atoms with E-state index in [1.165, 1.54) is 5.56 Å². The van der Waals surface area contributed by atoms with Crippen LogP contribution in [-0.4, -0.2) is 69.2 Å². The Morgan fingerprint density at radius 3 is 2.59 bits per heavy atom. The number of piperazine rings is 1. The number of nitrogens with one attached hydrogen (secondary N) is 1. The van der Waals surface area contributed by atoms with Crippen molar-refractivity contribution in [1.29, 1.82) is 0 Å². The first-order valence-electron chi connectivity index (χ1n) is 9.14. The summed E-state index contributed by atoms with van der Waals surface area (Å²) in [5.41, 5.74) is 1.26. The third kappa shape index (κ3) is 5.45. The summed E-state index contributed by atoms with van der Waals surface area (Å²) in [7, 11) is 3.73. The van der Waals surface area contributed by atoms with Gasteiger partial charge in [-0.2, -0.15) is 11.3 Å². The average Bonchev–Trinajstić information content (AvgIpc) is 3.22. The number of methoxy groups -OCH3 is 1. The molecule has 1 fully saturated rings. The van der Waals surface area contributed by atoms with Crippen LogP contribution in [0.4, 0.5) is 0 Å². The third-order valence-corrected chi connectivity index (χ3v) is 5.53. The van der Waals surface area contributed by atoms with Crippen molar-refractivity contribution in [3.05, 3.63) is 46.7 Å². The number of carbonyl (C=O) groups is 1. The van der Waals surface area contributed by atoms with Gasteiger partial charge < -0.3 is 19.7 Å². The molecule has 0 radical (unpaired) electrons. The van der Waals surface area contributed by atoms with E-state index in [0.717, 1.165) is 26.2 Å². The Kier molecular flexibility index (Phi) is 7.09. The van der Waals surface area contributed by atoms with Gasteiger partial charge in [0.15, 0.2) is 18.1 Å². The van der Waals surface area contributed by atoms with Gasteiger partial charge in [-0.15, -0.1) is 0 Å². The van der Waals surface area contributed by atoms with E-state index in [4.69, 9.17) is 9.47 Å².